The maximum absolute atomic E-state index is 12.4. The molecule has 0 bridgehead atoms. The van der Waals surface area contributed by atoms with Gasteiger partial charge in [-0.3, -0.25) is 14.5 Å². The number of imide groups is 1. The molecule has 0 aromatic heterocycles. The lowest BCUT2D eigenvalue weighted by molar-refractivity contribution is 0.0301. The van der Waals surface area contributed by atoms with E-state index < -0.39 is 11.7 Å². The summed E-state index contributed by atoms with van der Waals surface area (Å²) in [5, 5.41) is 0. The Hall–Kier alpha value is -2.63. The first kappa shape index (κ1) is 16.2. The maximum Gasteiger partial charge on any atom is 0.410 e. The molecule has 1 aromatic rings. The number of amides is 3. The number of fused-ring (bicyclic) bond motifs is 1. The van der Waals surface area contributed by atoms with Gasteiger partial charge in [0.2, 0.25) is 0 Å². The SMILES string of the molecule is CC(C)(C)OC(=O)N1CC=C(CN2C(=O)c3ccccc3C2=O)C1. The highest BCUT2D eigenvalue weighted by molar-refractivity contribution is 6.21. The first-order chi connectivity index (χ1) is 11.3. The lowest BCUT2D eigenvalue weighted by Gasteiger charge is -2.24. The van der Waals surface area contributed by atoms with Crippen molar-refractivity contribution in [3.05, 3.63) is 47.0 Å². The van der Waals surface area contributed by atoms with Crippen LogP contribution < -0.4 is 0 Å². The van der Waals surface area contributed by atoms with E-state index in [1.165, 1.54) is 4.90 Å². The highest BCUT2D eigenvalue weighted by atomic mass is 16.6. The highest BCUT2D eigenvalue weighted by Gasteiger charge is 2.36. The zero-order valence-electron chi connectivity index (χ0n) is 14.0. The van der Waals surface area contributed by atoms with Gasteiger partial charge in [-0.25, -0.2) is 4.79 Å². The Morgan fingerprint density at radius 2 is 1.71 bits per heavy atom. The first-order valence-electron chi connectivity index (χ1n) is 7.87. The lowest BCUT2D eigenvalue weighted by Crippen LogP contribution is -2.37. The fourth-order valence-corrected chi connectivity index (χ4v) is 2.78. The van der Waals surface area contributed by atoms with Gasteiger partial charge in [-0.2, -0.15) is 0 Å². The van der Waals surface area contributed by atoms with Crippen LogP contribution in [0.5, 0.6) is 0 Å². The number of carbonyl (C=O) groups is 3. The second-order valence-corrected chi connectivity index (χ2v) is 6.97. The molecule has 0 atom stereocenters. The Bertz CT molecular complexity index is 711. The van der Waals surface area contributed by atoms with Crippen molar-refractivity contribution < 1.29 is 19.1 Å². The molecular formula is C18H20N2O4. The van der Waals surface area contributed by atoms with Gasteiger partial charge in [-0.15, -0.1) is 0 Å². The summed E-state index contributed by atoms with van der Waals surface area (Å²) in [5.74, 6) is -0.570. The number of ether oxygens (including phenoxy) is 1. The molecule has 2 aliphatic rings. The van der Waals surface area contributed by atoms with E-state index >= 15 is 0 Å². The van der Waals surface area contributed by atoms with Gasteiger partial charge in [0.15, 0.2) is 0 Å². The number of rotatable bonds is 2. The zero-order valence-corrected chi connectivity index (χ0v) is 14.0. The van der Waals surface area contributed by atoms with Crippen molar-refractivity contribution in [1.29, 1.82) is 0 Å². The molecule has 0 fully saturated rings. The second kappa shape index (κ2) is 5.78. The summed E-state index contributed by atoms with van der Waals surface area (Å²) in [7, 11) is 0. The number of hydrogen-bond donors (Lipinski definition) is 0. The van der Waals surface area contributed by atoms with E-state index in [4.69, 9.17) is 4.74 Å². The Morgan fingerprint density at radius 1 is 1.12 bits per heavy atom. The largest absolute Gasteiger partial charge is 0.444 e. The Balaban J connectivity index is 1.64. The molecule has 0 aliphatic carbocycles. The van der Waals surface area contributed by atoms with Crippen molar-refractivity contribution in [3.8, 4) is 0 Å². The van der Waals surface area contributed by atoms with Crippen molar-refractivity contribution >= 4 is 17.9 Å². The van der Waals surface area contributed by atoms with Crippen LogP contribution in [0.1, 0.15) is 41.5 Å². The van der Waals surface area contributed by atoms with Gasteiger partial charge in [0.05, 0.1) is 17.7 Å². The first-order valence-corrected chi connectivity index (χ1v) is 7.87. The summed E-state index contributed by atoms with van der Waals surface area (Å²) in [6.45, 7) is 6.43. The van der Waals surface area contributed by atoms with E-state index in [2.05, 4.69) is 0 Å². The van der Waals surface area contributed by atoms with Crippen molar-refractivity contribution in [2.45, 2.75) is 26.4 Å². The predicted octanol–water partition coefficient (Wildman–Crippen LogP) is 2.46. The van der Waals surface area contributed by atoms with Crippen LogP contribution in [-0.4, -0.2) is 52.9 Å². The summed E-state index contributed by atoms with van der Waals surface area (Å²) >= 11 is 0. The summed E-state index contributed by atoms with van der Waals surface area (Å²) in [6, 6.07) is 6.80. The van der Waals surface area contributed by atoms with Crippen LogP contribution in [0.3, 0.4) is 0 Å². The molecule has 1 aromatic carbocycles. The van der Waals surface area contributed by atoms with Crippen molar-refractivity contribution in [2.24, 2.45) is 0 Å². The van der Waals surface area contributed by atoms with E-state index in [0.29, 0.717) is 24.2 Å². The van der Waals surface area contributed by atoms with Crippen LogP contribution in [-0.2, 0) is 4.74 Å². The molecule has 0 saturated carbocycles. The minimum absolute atomic E-state index is 0.200. The van der Waals surface area contributed by atoms with Crippen molar-refractivity contribution in [3.63, 3.8) is 0 Å². The van der Waals surface area contributed by atoms with Gasteiger partial charge in [0, 0.05) is 13.1 Å². The predicted molar refractivity (Wildman–Crippen MR) is 87.7 cm³/mol. The van der Waals surface area contributed by atoms with E-state index in [-0.39, 0.29) is 18.4 Å². The molecule has 0 N–H and O–H groups in total. The lowest BCUT2D eigenvalue weighted by atomic mass is 10.1. The summed E-state index contributed by atoms with van der Waals surface area (Å²) < 4.78 is 5.34. The standard InChI is InChI=1S/C18H20N2O4/c1-18(2,3)24-17(23)19-9-8-12(10-19)11-20-15(21)13-6-4-5-7-14(13)16(20)22/h4-8H,9-11H2,1-3H3. The molecule has 6 nitrogen and oxygen atoms in total. The number of nitrogens with zero attached hydrogens (tertiary/aromatic N) is 2. The van der Waals surface area contributed by atoms with Crippen molar-refractivity contribution in [1.82, 2.24) is 9.80 Å². The van der Waals surface area contributed by atoms with E-state index in [1.807, 2.05) is 26.8 Å². The maximum atomic E-state index is 12.4. The number of carbonyl (C=O) groups excluding carboxylic acids is 3. The molecule has 24 heavy (non-hydrogen) atoms. The molecule has 0 unspecified atom stereocenters. The van der Waals surface area contributed by atoms with Gasteiger partial charge in [-0.1, -0.05) is 18.2 Å². The van der Waals surface area contributed by atoms with Crippen LogP contribution in [0.15, 0.2) is 35.9 Å². The van der Waals surface area contributed by atoms with Crippen LogP contribution in [0.4, 0.5) is 4.79 Å². The number of benzene rings is 1. The van der Waals surface area contributed by atoms with Crippen LogP contribution in [0, 0.1) is 0 Å². The molecule has 126 valence electrons. The average molecular weight is 328 g/mol. The van der Waals surface area contributed by atoms with Gasteiger partial charge in [0.25, 0.3) is 11.8 Å². The summed E-state index contributed by atoms with van der Waals surface area (Å²) in [5.41, 5.74) is 1.17. The molecular weight excluding hydrogens is 308 g/mol. The Morgan fingerprint density at radius 3 is 2.25 bits per heavy atom. The van der Waals surface area contributed by atoms with E-state index in [9.17, 15) is 14.4 Å². The molecule has 6 heteroatoms. The second-order valence-electron chi connectivity index (χ2n) is 6.97. The Kier molecular flexibility index (Phi) is 3.91. The number of hydrogen-bond acceptors (Lipinski definition) is 4. The molecule has 3 rings (SSSR count). The molecule has 3 amide bonds. The van der Waals surface area contributed by atoms with Crippen LogP contribution in [0.25, 0.3) is 0 Å². The molecule has 0 saturated heterocycles. The van der Waals surface area contributed by atoms with Crippen molar-refractivity contribution in [2.75, 3.05) is 19.6 Å². The zero-order chi connectivity index (χ0) is 17.5. The molecule has 0 spiro atoms. The fourth-order valence-electron chi connectivity index (χ4n) is 2.78. The third-order valence-corrected chi connectivity index (χ3v) is 3.89. The van der Waals surface area contributed by atoms with Crippen LogP contribution >= 0.6 is 0 Å². The molecule has 0 radical (unpaired) electrons. The summed E-state index contributed by atoms with van der Waals surface area (Å²) in [4.78, 5) is 39.6. The Labute approximate surface area is 140 Å². The van der Waals surface area contributed by atoms with Crippen LogP contribution in [0.2, 0.25) is 0 Å². The summed E-state index contributed by atoms with van der Waals surface area (Å²) in [6.07, 6.45) is 1.48. The minimum atomic E-state index is -0.553. The molecule has 2 heterocycles. The smallest absolute Gasteiger partial charge is 0.410 e. The van der Waals surface area contributed by atoms with E-state index in [0.717, 1.165) is 5.57 Å². The van der Waals surface area contributed by atoms with Gasteiger partial charge >= 0.3 is 6.09 Å². The quantitative estimate of drug-likeness (QED) is 0.618. The third-order valence-electron chi connectivity index (χ3n) is 3.89. The third kappa shape index (κ3) is 3.04. The highest BCUT2D eigenvalue weighted by Crippen LogP contribution is 2.24. The topological polar surface area (TPSA) is 66.9 Å². The van der Waals surface area contributed by atoms with E-state index in [1.54, 1.807) is 29.2 Å². The van der Waals surface area contributed by atoms with Gasteiger partial charge in [0.1, 0.15) is 5.60 Å². The van der Waals surface area contributed by atoms with Gasteiger partial charge < -0.3 is 9.64 Å². The van der Waals surface area contributed by atoms with Gasteiger partial charge in [-0.05, 0) is 38.5 Å². The molecule has 2 aliphatic heterocycles. The normalized spacial score (nSPS) is 17.2. The minimum Gasteiger partial charge on any atom is -0.444 e. The fraction of sp³-hybridized carbons (Fsp3) is 0.389. The average Bonchev–Trinajstić information content (AvgIpc) is 3.06. The monoisotopic (exact) mass is 328 g/mol.